The summed E-state index contributed by atoms with van der Waals surface area (Å²) in [6, 6.07) is 3.28. The van der Waals surface area contributed by atoms with Gasteiger partial charge in [-0.1, -0.05) is 11.6 Å². The number of allylic oxidation sites excluding steroid dienone is 1. The van der Waals surface area contributed by atoms with Gasteiger partial charge in [-0.25, -0.2) is 18.7 Å². The third kappa shape index (κ3) is 3.85. The highest BCUT2D eigenvalue weighted by Crippen LogP contribution is 2.24. The Kier molecular flexibility index (Phi) is 4.64. The molecule has 21 heavy (non-hydrogen) atoms. The van der Waals surface area contributed by atoms with Crippen LogP contribution in [0.15, 0.2) is 24.4 Å². The molecule has 110 valence electrons. The molecule has 0 unspecified atom stereocenters. The van der Waals surface area contributed by atoms with Gasteiger partial charge in [-0.05, 0) is 18.2 Å². The summed E-state index contributed by atoms with van der Waals surface area (Å²) in [7, 11) is 1.47. The first-order valence-corrected chi connectivity index (χ1v) is 6.19. The number of H-pyrrole nitrogens is 1. The molecule has 0 radical (unpaired) electrons. The van der Waals surface area contributed by atoms with Crippen molar-refractivity contribution < 1.29 is 13.5 Å². The molecule has 0 aliphatic rings. The largest absolute Gasteiger partial charge is 0.481 e. The zero-order chi connectivity index (χ0) is 15.4. The lowest BCUT2D eigenvalue weighted by molar-refractivity contribution is 0.226. The molecule has 0 aliphatic heterocycles. The molecule has 8 heteroatoms. The van der Waals surface area contributed by atoms with Crippen molar-refractivity contribution in [2.45, 2.75) is 6.43 Å². The van der Waals surface area contributed by atoms with Crippen LogP contribution in [0.4, 0.5) is 8.78 Å². The first kappa shape index (κ1) is 15.1. The van der Waals surface area contributed by atoms with E-state index < -0.39 is 12.1 Å². The van der Waals surface area contributed by atoms with Gasteiger partial charge in [-0.2, -0.15) is 0 Å². The Morgan fingerprint density at radius 3 is 2.90 bits per heavy atom. The number of nitrogens with one attached hydrogen (secondary N) is 2. The number of aromatic nitrogens is 3. The molecule has 0 aromatic carbocycles. The van der Waals surface area contributed by atoms with E-state index in [1.54, 1.807) is 12.1 Å². The number of ether oxygens (including phenoxy) is 1. The molecule has 0 saturated carbocycles. The number of methoxy groups -OCH3 is 1. The van der Waals surface area contributed by atoms with Gasteiger partial charge in [0.2, 0.25) is 5.88 Å². The van der Waals surface area contributed by atoms with Crippen molar-refractivity contribution in [1.29, 1.82) is 5.41 Å². The maximum absolute atomic E-state index is 12.2. The second-order valence-corrected chi connectivity index (χ2v) is 4.38. The van der Waals surface area contributed by atoms with E-state index in [4.69, 9.17) is 21.7 Å². The Labute approximate surface area is 124 Å². The van der Waals surface area contributed by atoms with Gasteiger partial charge in [0.15, 0.2) is 0 Å². The molecule has 0 spiro atoms. The highest BCUT2D eigenvalue weighted by atomic mass is 35.5. The van der Waals surface area contributed by atoms with Crippen LogP contribution < -0.4 is 4.74 Å². The van der Waals surface area contributed by atoms with E-state index in [0.29, 0.717) is 23.0 Å². The molecule has 0 atom stereocenters. The Morgan fingerprint density at radius 1 is 1.48 bits per heavy atom. The highest BCUT2D eigenvalue weighted by Gasteiger charge is 2.08. The van der Waals surface area contributed by atoms with Crippen LogP contribution in [-0.2, 0) is 0 Å². The van der Waals surface area contributed by atoms with Gasteiger partial charge >= 0.3 is 0 Å². The Hall–Kier alpha value is -2.28. The first-order chi connectivity index (χ1) is 9.99. The third-order valence-corrected chi connectivity index (χ3v) is 2.74. The second-order valence-electron chi connectivity index (χ2n) is 3.99. The topological polar surface area (TPSA) is 74.7 Å². The summed E-state index contributed by atoms with van der Waals surface area (Å²) < 4.78 is 29.4. The van der Waals surface area contributed by atoms with Crippen LogP contribution >= 0.6 is 11.6 Å². The fraction of sp³-hybridized carbons (Fsp3) is 0.154. The minimum Gasteiger partial charge on any atom is -0.481 e. The third-order valence-electron chi connectivity index (χ3n) is 2.54. The number of nitrogens with zero attached hydrogens (tertiary/aromatic N) is 2. The standard InChI is InChI=1S/C13H11ClF2N4O/c1-21-12-5-7(4-10(14)20-12)9-6-18-11(19-9)3-2-8(17)13(15)16/h2-6,13,17H,1H3,(H,18,19)/b3-2-,17-8?. The lowest BCUT2D eigenvalue weighted by Gasteiger charge is -2.02. The van der Waals surface area contributed by atoms with Crippen molar-refractivity contribution in [1.82, 2.24) is 15.0 Å². The number of halogens is 3. The average Bonchev–Trinajstić information content (AvgIpc) is 2.92. The fourth-order valence-electron chi connectivity index (χ4n) is 1.54. The van der Waals surface area contributed by atoms with Crippen LogP contribution in [0.1, 0.15) is 5.82 Å². The van der Waals surface area contributed by atoms with E-state index in [-0.39, 0.29) is 5.15 Å². The SMILES string of the molecule is COc1cc(-c2cnc(/C=C\C(=N)C(F)F)[nH]2)cc(Cl)n1. The Bertz CT molecular complexity index is 685. The molecule has 0 saturated heterocycles. The van der Waals surface area contributed by atoms with Gasteiger partial charge in [0, 0.05) is 11.6 Å². The minimum atomic E-state index is -2.81. The minimum absolute atomic E-state index is 0.260. The first-order valence-electron chi connectivity index (χ1n) is 5.81. The van der Waals surface area contributed by atoms with Crippen LogP contribution in [0.5, 0.6) is 5.88 Å². The van der Waals surface area contributed by atoms with Gasteiger partial charge in [-0.15, -0.1) is 0 Å². The summed E-state index contributed by atoms with van der Waals surface area (Å²) in [5, 5.41) is 7.28. The van der Waals surface area contributed by atoms with Crippen molar-refractivity contribution in [2.75, 3.05) is 7.11 Å². The van der Waals surface area contributed by atoms with Crippen LogP contribution in [0.3, 0.4) is 0 Å². The normalized spacial score (nSPS) is 11.3. The lowest BCUT2D eigenvalue weighted by atomic mass is 10.2. The molecular formula is C13H11ClF2N4O. The number of alkyl halides is 2. The Balaban J connectivity index is 2.24. The van der Waals surface area contributed by atoms with Gasteiger partial charge in [-0.3, -0.25) is 5.41 Å². The van der Waals surface area contributed by atoms with Crippen molar-refractivity contribution in [3.8, 4) is 17.1 Å². The smallest absolute Gasteiger partial charge is 0.279 e. The van der Waals surface area contributed by atoms with E-state index in [0.717, 1.165) is 6.08 Å². The molecule has 0 amide bonds. The molecule has 2 aromatic rings. The number of hydrogen-bond donors (Lipinski definition) is 2. The molecule has 2 N–H and O–H groups in total. The summed E-state index contributed by atoms with van der Waals surface area (Å²) in [6.07, 6.45) is 1.02. The molecule has 2 rings (SSSR count). The predicted molar refractivity (Wildman–Crippen MR) is 76.1 cm³/mol. The number of hydrogen-bond acceptors (Lipinski definition) is 4. The monoisotopic (exact) mass is 312 g/mol. The number of aromatic amines is 1. The van der Waals surface area contributed by atoms with Crippen molar-refractivity contribution in [2.24, 2.45) is 0 Å². The fourth-order valence-corrected chi connectivity index (χ4v) is 1.74. The molecular weight excluding hydrogens is 302 g/mol. The van der Waals surface area contributed by atoms with Crippen LogP contribution in [-0.4, -0.2) is 34.2 Å². The summed E-state index contributed by atoms with van der Waals surface area (Å²) in [5.41, 5.74) is 0.547. The van der Waals surface area contributed by atoms with Crippen LogP contribution in [0.2, 0.25) is 5.15 Å². The van der Waals surface area contributed by atoms with Gasteiger partial charge in [0.25, 0.3) is 6.43 Å². The summed E-state index contributed by atoms with van der Waals surface area (Å²) in [5.74, 6) is 0.700. The molecule has 0 fully saturated rings. The maximum atomic E-state index is 12.2. The van der Waals surface area contributed by atoms with Crippen molar-refractivity contribution in [3.63, 3.8) is 0 Å². The van der Waals surface area contributed by atoms with E-state index in [9.17, 15) is 8.78 Å². The lowest BCUT2D eigenvalue weighted by Crippen LogP contribution is -2.03. The van der Waals surface area contributed by atoms with E-state index in [1.165, 1.54) is 19.4 Å². The van der Waals surface area contributed by atoms with E-state index in [2.05, 4.69) is 15.0 Å². The van der Waals surface area contributed by atoms with Crippen molar-refractivity contribution >= 4 is 23.4 Å². The second kappa shape index (κ2) is 6.45. The number of imidazole rings is 1. The van der Waals surface area contributed by atoms with Gasteiger partial charge in [0.05, 0.1) is 24.7 Å². The van der Waals surface area contributed by atoms with Gasteiger partial charge < -0.3 is 9.72 Å². The van der Waals surface area contributed by atoms with Crippen LogP contribution in [0, 0.1) is 5.41 Å². The highest BCUT2D eigenvalue weighted by molar-refractivity contribution is 6.29. The maximum Gasteiger partial charge on any atom is 0.279 e. The average molecular weight is 313 g/mol. The number of pyridine rings is 1. The van der Waals surface area contributed by atoms with Crippen LogP contribution in [0.25, 0.3) is 17.3 Å². The van der Waals surface area contributed by atoms with Gasteiger partial charge in [0.1, 0.15) is 11.0 Å². The molecule has 2 heterocycles. The number of rotatable bonds is 5. The van der Waals surface area contributed by atoms with E-state index >= 15 is 0 Å². The summed E-state index contributed by atoms with van der Waals surface area (Å²) in [4.78, 5) is 10.9. The van der Waals surface area contributed by atoms with E-state index in [1.807, 2.05) is 0 Å². The predicted octanol–water partition coefficient (Wildman–Crippen LogP) is 3.43. The molecule has 0 bridgehead atoms. The summed E-state index contributed by atoms with van der Waals surface area (Å²) in [6.45, 7) is 0. The van der Waals surface area contributed by atoms with Crippen molar-refractivity contribution in [3.05, 3.63) is 35.4 Å². The quantitative estimate of drug-likeness (QED) is 0.656. The summed E-state index contributed by atoms with van der Waals surface area (Å²) >= 11 is 5.87. The molecule has 2 aromatic heterocycles. The molecule has 5 nitrogen and oxygen atoms in total. The zero-order valence-electron chi connectivity index (χ0n) is 10.9. The zero-order valence-corrected chi connectivity index (χ0v) is 11.7. The Morgan fingerprint density at radius 2 is 2.24 bits per heavy atom. The molecule has 0 aliphatic carbocycles.